The fourth-order valence-corrected chi connectivity index (χ4v) is 2.17. The first kappa shape index (κ1) is 15.5. The Bertz CT molecular complexity index is 610. The molecule has 0 amide bonds. The minimum atomic E-state index is 0.0303. The maximum atomic E-state index is 7.30. The fraction of sp³-hybridized carbons (Fsp3) is 0.133. The summed E-state index contributed by atoms with van der Waals surface area (Å²) in [5.74, 6) is 1.32. The smallest absolute Gasteiger partial charge is 0.122 e. The minimum Gasteiger partial charge on any atom is -0.490 e. The lowest BCUT2D eigenvalue weighted by atomic mass is 10.2. The van der Waals surface area contributed by atoms with E-state index in [0.717, 1.165) is 0 Å². The van der Waals surface area contributed by atoms with E-state index in [1.54, 1.807) is 42.5 Å². The Hall–Kier alpha value is -1.91. The summed E-state index contributed by atoms with van der Waals surface area (Å²) in [5.41, 5.74) is 6.03. The highest BCUT2D eigenvalue weighted by atomic mass is 35.5. The molecule has 0 unspecified atom stereocenters. The summed E-state index contributed by atoms with van der Waals surface area (Å²) in [5, 5.41) is 8.35. The molecule has 110 valence electrons. The molecule has 0 aliphatic heterocycles. The topological polar surface area (TPSA) is 68.3 Å². The van der Waals surface area contributed by atoms with Gasteiger partial charge in [0.25, 0.3) is 0 Å². The van der Waals surface area contributed by atoms with E-state index in [0.29, 0.717) is 40.3 Å². The van der Waals surface area contributed by atoms with Crippen molar-refractivity contribution in [3.8, 4) is 11.5 Å². The number of halogens is 2. The molecule has 0 heterocycles. The van der Waals surface area contributed by atoms with Crippen LogP contribution in [0.2, 0.25) is 10.0 Å². The molecule has 6 heteroatoms. The number of nitrogen functional groups attached to an aromatic ring is 1. The van der Waals surface area contributed by atoms with Gasteiger partial charge in [-0.1, -0.05) is 23.2 Å². The molecule has 2 rings (SSSR count). The van der Waals surface area contributed by atoms with Gasteiger partial charge in [-0.3, -0.25) is 5.41 Å². The molecule has 4 nitrogen and oxygen atoms in total. The molecule has 21 heavy (non-hydrogen) atoms. The van der Waals surface area contributed by atoms with Crippen molar-refractivity contribution in [3.63, 3.8) is 0 Å². The fourth-order valence-electron chi connectivity index (χ4n) is 1.66. The molecule has 0 aromatic heterocycles. The van der Waals surface area contributed by atoms with E-state index in [2.05, 4.69) is 0 Å². The van der Waals surface area contributed by atoms with Crippen LogP contribution in [0.25, 0.3) is 0 Å². The molecule has 0 radical (unpaired) electrons. The summed E-state index contributed by atoms with van der Waals surface area (Å²) in [6, 6.07) is 12.0. The third-order valence-electron chi connectivity index (χ3n) is 2.62. The normalized spacial score (nSPS) is 10.2. The Morgan fingerprint density at radius 3 is 1.95 bits per heavy atom. The average Bonchev–Trinajstić information content (AvgIpc) is 2.43. The molecule has 0 aliphatic carbocycles. The molecule has 0 fully saturated rings. The van der Waals surface area contributed by atoms with Gasteiger partial charge in [-0.15, -0.1) is 0 Å². The van der Waals surface area contributed by atoms with Gasteiger partial charge in [0, 0.05) is 15.6 Å². The van der Waals surface area contributed by atoms with E-state index < -0.39 is 0 Å². The van der Waals surface area contributed by atoms with Crippen LogP contribution in [-0.4, -0.2) is 19.0 Å². The number of ether oxygens (including phenoxy) is 2. The zero-order chi connectivity index (χ0) is 15.2. The van der Waals surface area contributed by atoms with Crippen molar-refractivity contribution >= 4 is 29.0 Å². The van der Waals surface area contributed by atoms with Crippen LogP contribution in [0, 0.1) is 5.41 Å². The summed E-state index contributed by atoms with van der Waals surface area (Å²) in [6.07, 6.45) is 0. The molecule has 0 spiro atoms. The molecule has 0 saturated heterocycles. The van der Waals surface area contributed by atoms with Crippen molar-refractivity contribution in [3.05, 3.63) is 58.1 Å². The maximum absolute atomic E-state index is 7.30. The van der Waals surface area contributed by atoms with Crippen LogP contribution in [0.3, 0.4) is 0 Å². The number of hydrogen-bond acceptors (Lipinski definition) is 3. The number of rotatable bonds is 6. The molecular weight excluding hydrogens is 311 g/mol. The lowest BCUT2D eigenvalue weighted by molar-refractivity contribution is 0.217. The largest absolute Gasteiger partial charge is 0.490 e. The maximum Gasteiger partial charge on any atom is 0.122 e. The third kappa shape index (κ3) is 4.85. The Balaban J connectivity index is 1.80. The molecule has 3 N–H and O–H groups in total. The van der Waals surface area contributed by atoms with Crippen molar-refractivity contribution in [2.45, 2.75) is 0 Å². The van der Waals surface area contributed by atoms with Crippen molar-refractivity contribution in [2.75, 3.05) is 13.2 Å². The van der Waals surface area contributed by atoms with Crippen LogP contribution in [0.4, 0.5) is 0 Å². The van der Waals surface area contributed by atoms with Crippen LogP contribution < -0.4 is 15.2 Å². The SMILES string of the molecule is N=C(N)c1ccc(OCCOc2cc(Cl)cc(Cl)c2)cc1. The molecular formula is C15H14Cl2N2O2. The first-order valence-electron chi connectivity index (χ1n) is 6.21. The van der Waals surface area contributed by atoms with Gasteiger partial charge < -0.3 is 15.2 Å². The molecule has 0 saturated carbocycles. The van der Waals surface area contributed by atoms with Crippen molar-refractivity contribution < 1.29 is 9.47 Å². The van der Waals surface area contributed by atoms with Gasteiger partial charge in [0.2, 0.25) is 0 Å². The first-order chi connectivity index (χ1) is 10.0. The highest BCUT2D eigenvalue weighted by Gasteiger charge is 2.01. The van der Waals surface area contributed by atoms with Gasteiger partial charge in [-0.05, 0) is 42.5 Å². The summed E-state index contributed by atoms with van der Waals surface area (Å²) in [4.78, 5) is 0. The molecule has 0 atom stereocenters. The monoisotopic (exact) mass is 324 g/mol. The Labute approximate surface area is 132 Å². The van der Waals surface area contributed by atoms with E-state index in [9.17, 15) is 0 Å². The summed E-state index contributed by atoms with van der Waals surface area (Å²) in [6.45, 7) is 0.745. The van der Waals surface area contributed by atoms with Crippen LogP contribution >= 0.6 is 23.2 Å². The first-order valence-corrected chi connectivity index (χ1v) is 6.96. The van der Waals surface area contributed by atoms with Gasteiger partial charge in [-0.25, -0.2) is 0 Å². The van der Waals surface area contributed by atoms with Crippen LogP contribution in [-0.2, 0) is 0 Å². The minimum absolute atomic E-state index is 0.0303. The lowest BCUT2D eigenvalue weighted by Gasteiger charge is -2.09. The van der Waals surface area contributed by atoms with Gasteiger partial charge >= 0.3 is 0 Å². The summed E-state index contributed by atoms with van der Waals surface area (Å²) < 4.78 is 11.0. The van der Waals surface area contributed by atoms with E-state index >= 15 is 0 Å². The van der Waals surface area contributed by atoms with Gasteiger partial charge in [0.1, 0.15) is 30.5 Å². The Kier molecular flexibility index (Phi) is 5.31. The van der Waals surface area contributed by atoms with E-state index in [4.69, 9.17) is 43.8 Å². The van der Waals surface area contributed by atoms with Gasteiger partial charge in [-0.2, -0.15) is 0 Å². The highest BCUT2D eigenvalue weighted by Crippen LogP contribution is 2.24. The number of hydrogen-bond donors (Lipinski definition) is 2. The van der Waals surface area contributed by atoms with E-state index in [-0.39, 0.29) is 5.84 Å². The van der Waals surface area contributed by atoms with Crippen LogP contribution in [0.15, 0.2) is 42.5 Å². The predicted molar refractivity (Wildman–Crippen MR) is 84.9 cm³/mol. The highest BCUT2D eigenvalue weighted by molar-refractivity contribution is 6.34. The quantitative estimate of drug-likeness (QED) is 0.483. The van der Waals surface area contributed by atoms with Crippen molar-refractivity contribution in [2.24, 2.45) is 5.73 Å². The van der Waals surface area contributed by atoms with Crippen molar-refractivity contribution in [1.82, 2.24) is 0 Å². The van der Waals surface area contributed by atoms with Gasteiger partial charge in [0.15, 0.2) is 0 Å². The Morgan fingerprint density at radius 2 is 1.43 bits per heavy atom. The predicted octanol–water partition coefficient (Wildman–Crippen LogP) is 3.74. The summed E-state index contributed by atoms with van der Waals surface area (Å²) >= 11 is 11.8. The third-order valence-corrected chi connectivity index (χ3v) is 3.06. The van der Waals surface area contributed by atoms with Crippen molar-refractivity contribution in [1.29, 1.82) is 5.41 Å². The zero-order valence-corrected chi connectivity index (χ0v) is 12.6. The number of nitrogens with one attached hydrogen (secondary N) is 1. The second kappa shape index (κ2) is 7.20. The average molecular weight is 325 g/mol. The van der Waals surface area contributed by atoms with Crippen LogP contribution in [0.5, 0.6) is 11.5 Å². The molecule has 2 aromatic rings. The van der Waals surface area contributed by atoms with E-state index in [1.165, 1.54) is 0 Å². The Morgan fingerprint density at radius 1 is 0.905 bits per heavy atom. The lowest BCUT2D eigenvalue weighted by Crippen LogP contribution is -2.11. The number of benzene rings is 2. The molecule has 0 aliphatic rings. The zero-order valence-electron chi connectivity index (χ0n) is 11.1. The van der Waals surface area contributed by atoms with Gasteiger partial charge in [0.05, 0.1) is 0 Å². The molecule has 2 aromatic carbocycles. The second-order valence-corrected chi connectivity index (χ2v) is 5.11. The molecule has 0 bridgehead atoms. The van der Waals surface area contributed by atoms with Crippen LogP contribution in [0.1, 0.15) is 5.56 Å². The number of amidine groups is 1. The standard InChI is InChI=1S/C15H14Cl2N2O2/c16-11-7-12(17)9-14(8-11)21-6-5-20-13-3-1-10(2-4-13)15(18)19/h1-4,7-9H,5-6H2,(H3,18,19). The van der Waals surface area contributed by atoms with E-state index in [1.807, 2.05) is 0 Å². The number of nitrogens with two attached hydrogens (primary N) is 1. The summed E-state index contributed by atoms with van der Waals surface area (Å²) in [7, 11) is 0. The second-order valence-electron chi connectivity index (χ2n) is 4.24.